The Bertz CT molecular complexity index is 212. The quantitative estimate of drug-likeness (QED) is 0.744. The molecule has 2 atom stereocenters. The van der Waals surface area contributed by atoms with Gasteiger partial charge in [0.2, 0.25) is 0 Å². The molecule has 15 heavy (non-hydrogen) atoms. The monoisotopic (exact) mass is 224 g/mol. The van der Waals surface area contributed by atoms with Crippen molar-refractivity contribution < 1.29 is 17.9 Å². The molecule has 1 N–H and O–H groups in total. The second-order valence-corrected chi connectivity index (χ2v) is 3.44. The lowest BCUT2D eigenvalue weighted by atomic mass is 10.1. The molecule has 0 heterocycles. The minimum Gasteiger partial charge on any atom is -0.384 e. The Hall–Kier alpha value is -0.800. The maximum Gasteiger partial charge on any atom is 0.405 e. The summed E-state index contributed by atoms with van der Waals surface area (Å²) < 4.78 is 41.1. The predicted octanol–water partition coefficient (Wildman–Crippen LogP) is 1.56. The Kier molecular flexibility index (Phi) is 6.29. The van der Waals surface area contributed by atoms with Gasteiger partial charge in [-0.05, 0) is 12.5 Å². The van der Waals surface area contributed by atoms with Crippen molar-refractivity contribution in [2.45, 2.75) is 13.1 Å². The number of hydrogen-bond acceptors (Lipinski definition) is 3. The Morgan fingerprint density at radius 3 is 2.40 bits per heavy atom. The third kappa shape index (κ3) is 6.31. The maximum atomic E-state index is 12.1. The summed E-state index contributed by atoms with van der Waals surface area (Å²) in [5, 5.41) is 10.9. The molecule has 0 saturated heterocycles. The molecule has 0 amide bonds. The van der Waals surface area contributed by atoms with Crippen LogP contribution in [0, 0.1) is 23.2 Å². The van der Waals surface area contributed by atoms with Gasteiger partial charge in [-0.15, -0.1) is 0 Å². The largest absolute Gasteiger partial charge is 0.405 e. The lowest BCUT2D eigenvalue weighted by Gasteiger charge is -2.16. The van der Waals surface area contributed by atoms with Gasteiger partial charge in [-0.1, -0.05) is 6.92 Å². The number of alkyl halides is 3. The Labute approximate surface area is 87.2 Å². The smallest absolute Gasteiger partial charge is 0.384 e. The zero-order valence-corrected chi connectivity index (χ0v) is 8.77. The van der Waals surface area contributed by atoms with E-state index in [9.17, 15) is 13.2 Å². The van der Waals surface area contributed by atoms with Crippen LogP contribution in [-0.4, -0.2) is 33.0 Å². The number of hydrogen-bond donors (Lipinski definition) is 1. The van der Waals surface area contributed by atoms with Crippen LogP contribution in [0.5, 0.6) is 0 Å². The number of methoxy groups -OCH3 is 1. The summed E-state index contributed by atoms with van der Waals surface area (Å²) in [4.78, 5) is 0. The van der Waals surface area contributed by atoms with Gasteiger partial charge in [0.05, 0.1) is 6.07 Å². The van der Waals surface area contributed by atoms with Gasteiger partial charge in [-0.2, -0.15) is 18.4 Å². The summed E-state index contributed by atoms with van der Waals surface area (Å²) in [5.41, 5.74) is 0. The summed E-state index contributed by atoms with van der Waals surface area (Å²) in [6, 6.07) is 1.23. The summed E-state index contributed by atoms with van der Waals surface area (Å²) in [5.74, 6) is -1.81. The second kappa shape index (κ2) is 6.64. The summed E-state index contributed by atoms with van der Waals surface area (Å²) in [6.07, 6.45) is -4.45. The standard InChI is InChI=1S/C9H15F3N2O/c1-7(6-15-2)4-14-5-8(3-13)9(10,11)12/h7-8,14H,4-6H2,1-2H3. The van der Waals surface area contributed by atoms with E-state index in [1.165, 1.54) is 13.2 Å². The first-order chi connectivity index (χ1) is 6.91. The molecule has 0 saturated carbocycles. The first kappa shape index (κ1) is 14.2. The first-order valence-electron chi connectivity index (χ1n) is 4.57. The van der Waals surface area contributed by atoms with Crippen LogP contribution in [0.1, 0.15) is 6.92 Å². The molecule has 0 rings (SSSR count). The van der Waals surface area contributed by atoms with Gasteiger partial charge in [0.1, 0.15) is 0 Å². The van der Waals surface area contributed by atoms with Gasteiger partial charge < -0.3 is 10.1 Å². The van der Waals surface area contributed by atoms with Gasteiger partial charge in [0.15, 0.2) is 5.92 Å². The molecule has 0 spiro atoms. The van der Waals surface area contributed by atoms with E-state index in [1.54, 1.807) is 0 Å². The van der Waals surface area contributed by atoms with Crippen LogP contribution >= 0.6 is 0 Å². The minimum absolute atomic E-state index is 0.127. The van der Waals surface area contributed by atoms with Crippen LogP contribution < -0.4 is 5.32 Å². The lowest BCUT2D eigenvalue weighted by Crippen LogP contribution is -2.35. The molecule has 0 fully saturated rings. The third-order valence-corrected chi connectivity index (χ3v) is 1.84. The number of ether oxygens (including phenoxy) is 1. The molecule has 3 nitrogen and oxygen atoms in total. The van der Waals surface area contributed by atoms with E-state index in [2.05, 4.69) is 5.32 Å². The Morgan fingerprint density at radius 1 is 1.40 bits per heavy atom. The minimum atomic E-state index is -4.45. The van der Waals surface area contributed by atoms with Crippen LogP contribution in [0.25, 0.3) is 0 Å². The third-order valence-electron chi connectivity index (χ3n) is 1.84. The van der Waals surface area contributed by atoms with Gasteiger partial charge in [-0.3, -0.25) is 0 Å². The predicted molar refractivity (Wildman–Crippen MR) is 49.1 cm³/mol. The maximum absolute atomic E-state index is 12.1. The topological polar surface area (TPSA) is 45.0 Å². The fourth-order valence-corrected chi connectivity index (χ4v) is 1.05. The fourth-order valence-electron chi connectivity index (χ4n) is 1.05. The van der Waals surface area contributed by atoms with E-state index in [-0.39, 0.29) is 12.5 Å². The lowest BCUT2D eigenvalue weighted by molar-refractivity contribution is -0.157. The highest BCUT2D eigenvalue weighted by molar-refractivity contribution is 4.89. The van der Waals surface area contributed by atoms with E-state index < -0.39 is 12.1 Å². The van der Waals surface area contributed by atoms with Crippen molar-refractivity contribution in [1.82, 2.24) is 5.32 Å². The average molecular weight is 224 g/mol. The van der Waals surface area contributed by atoms with E-state index in [4.69, 9.17) is 10.00 Å². The number of rotatable bonds is 6. The van der Waals surface area contributed by atoms with Crippen molar-refractivity contribution in [3.63, 3.8) is 0 Å². The fraction of sp³-hybridized carbons (Fsp3) is 0.889. The van der Waals surface area contributed by atoms with E-state index in [1.807, 2.05) is 6.92 Å². The van der Waals surface area contributed by atoms with Crippen molar-refractivity contribution in [1.29, 1.82) is 5.26 Å². The molecule has 0 aromatic rings. The van der Waals surface area contributed by atoms with Gasteiger partial charge >= 0.3 is 6.18 Å². The molecule has 88 valence electrons. The van der Waals surface area contributed by atoms with Crippen molar-refractivity contribution in [3.8, 4) is 6.07 Å². The van der Waals surface area contributed by atoms with Gasteiger partial charge in [0.25, 0.3) is 0 Å². The Morgan fingerprint density at radius 2 is 2.00 bits per heavy atom. The second-order valence-electron chi connectivity index (χ2n) is 3.44. The molecule has 2 unspecified atom stereocenters. The molecule has 6 heteroatoms. The van der Waals surface area contributed by atoms with Crippen molar-refractivity contribution >= 4 is 0 Å². The van der Waals surface area contributed by atoms with Crippen LogP contribution in [-0.2, 0) is 4.74 Å². The molecule has 0 aromatic carbocycles. The zero-order chi connectivity index (χ0) is 11.9. The summed E-state index contributed by atoms with van der Waals surface area (Å²) in [7, 11) is 1.53. The summed E-state index contributed by atoms with van der Waals surface area (Å²) >= 11 is 0. The SMILES string of the molecule is COCC(C)CNCC(C#N)C(F)(F)F. The van der Waals surface area contributed by atoms with Crippen LogP contribution in [0.15, 0.2) is 0 Å². The van der Waals surface area contributed by atoms with Crippen molar-refractivity contribution in [2.24, 2.45) is 11.8 Å². The number of nitriles is 1. The number of nitrogens with one attached hydrogen (secondary N) is 1. The van der Waals surface area contributed by atoms with E-state index in [0.717, 1.165) is 0 Å². The normalized spacial score (nSPS) is 15.7. The molecule has 0 bridgehead atoms. The highest BCUT2D eigenvalue weighted by Gasteiger charge is 2.39. The van der Waals surface area contributed by atoms with Crippen molar-refractivity contribution in [3.05, 3.63) is 0 Å². The van der Waals surface area contributed by atoms with E-state index in [0.29, 0.717) is 13.2 Å². The van der Waals surface area contributed by atoms with E-state index >= 15 is 0 Å². The average Bonchev–Trinajstić information content (AvgIpc) is 2.10. The summed E-state index contributed by atoms with van der Waals surface area (Å²) in [6.45, 7) is 2.37. The molecular formula is C9H15F3N2O. The van der Waals surface area contributed by atoms with Crippen LogP contribution in [0.4, 0.5) is 13.2 Å². The number of nitrogens with zero attached hydrogens (tertiary/aromatic N) is 1. The van der Waals surface area contributed by atoms with Gasteiger partial charge in [0, 0.05) is 20.3 Å². The zero-order valence-electron chi connectivity index (χ0n) is 8.77. The van der Waals surface area contributed by atoms with Crippen LogP contribution in [0.3, 0.4) is 0 Å². The van der Waals surface area contributed by atoms with Crippen LogP contribution in [0.2, 0.25) is 0 Å². The molecule has 0 radical (unpaired) electrons. The first-order valence-corrected chi connectivity index (χ1v) is 4.57. The molecule has 0 aliphatic rings. The molecular weight excluding hydrogens is 209 g/mol. The molecule has 0 aliphatic carbocycles. The Balaban J connectivity index is 3.80. The molecule has 0 aromatic heterocycles. The molecule has 0 aliphatic heterocycles. The highest BCUT2D eigenvalue weighted by atomic mass is 19.4. The number of halogens is 3. The highest BCUT2D eigenvalue weighted by Crippen LogP contribution is 2.24. The van der Waals surface area contributed by atoms with Gasteiger partial charge in [-0.25, -0.2) is 0 Å². The van der Waals surface area contributed by atoms with Crippen molar-refractivity contribution in [2.75, 3.05) is 26.8 Å².